The average molecular weight is 476 g/mol. The minimum Gasteiger partial charge on any atom is -0.489 e. The van der Waals surface area contributed by atoms with E-state index >= 15 is 0 Å². The van der Waals surface area contributed by atoms with Crippen LogP contribution in [-0.2, 0) is 13.2 Å². The van der Waals surface area contributed by atoms with Gasteiger partial charge >= 0.3 is 5.97 Å². The number of carboxylic acids is 1. The second kappa shape index (κ2) is 9.15. The molecule has 174 valence electrons. The quantitative estimate of drug-likeness (QED) is 0.442. The van der Waals surface area contributed by atoms with E-state index in [1.165, 1.54) is 12.8 Å². The Labute approximate surface area is 203 Å². The third kappa shape index (κ3) is 4.28. The SMILES string of the molecule is Cc1cc2c(cc1OCc1cccc(-c3ccc(Cl)c(C(=O)O)c3)c1)CN(C1CCCC1)C2=O. The zero-order valence-corrected chi connectivity index (χ0v) is 19.8. The van der Waals surface area contributed by atoms with E-state index in [0.29, 0.717) is 19.2 Å². The number of aromatic carboxylic acids is 1. The fourth-order valence-electron chi connectivity index (χ4n) is 5.01. The predicted octanol–water partition coefficient (Wildman–Crippen LogP) is 6.49. The first-order chi connectivity index (χ1) is 16.4. The van der Waals surface area contributed by atoms with Crippen molar-refractivity contribution < 1.29 is 19.4 Å². The van der Waals surface area contributed by atoms with Crippen LogP contribution in [0.1, 0.15) is 63.1 Å². The molecular weight excluding hydrogens is 450 g/mol. The maximum Gasteiger partial charge on any atom is 0.337 e. The molecule has 34 heavy (non-hydrogen) atoms. The Morgan fingerprint density at radius 1 is 1.09 bits per heavy atom. The highest BCUT2D eigenvalue weighted by Gasteiger charge is 2.34. The second-order valence-electron chi connectivity index (χ2n) is 9.14. The number of carboxylic acid groups (broad SMARTS) is 1. The molecule has 1 aliphatic heterocycles. The van der Waals surface area contributed by atoms with Gasteiger partial charge in [-0.3, -0.25) is 4.79 Å². The number of carbonyl (C=O) groups excluding carboxylic acids is 1. The first kappa shape index (κ1) is 22.5. The van der Waals surface area contributed by atoms with Gasteiger partial charge in [0.25, 0.3) is 5.91 Å². The number of carbonyl (C=O) groups is 2. The Hall–Kier alpha value is -3.31. The van der Waals surface area contributed by atoms with Crippen molar-refractivity contribution in [3.8, 4) is 16.9 Å². The Morgan fingerprint density at radius 2 is 1.85 bits per heavy atom. The van der Waals surface area contributed by atoms with Gasteiger partial charge < -0.3 is 14.7 Å². The van der Waals surface area contributed by atoms with Gasteiger partial charge in [0.2, 0.25) is 0 Å². The van der Waals surface area contributed by atoms with Crippen molar-refractivity contribution >= 4 is 23.5 Å². The molecule has 0 bridgehead atoms. The van der Waals surface area contributed by atoms with E-state index in [1.807, 2.05) is 54.3 Å². The third-order valence-corrected chi connectivity index (χ3v) is 7.18. The first-order valence-corrected chi connectivity index (χ1v) is 12.0. The van der Waals surface area contributed by atoms with Crippen molar-refractivity contribution in [2.24, 2.45) is 0 Å². The molecule has 3 aromatic rings. The molecule has 1 amide bonds. The van der Waals surface area contributed by atoms with Gasteiger partial charge in [-0.1, -0.05) is 48.7 Å². The molecule has 5 nitrogen and oxygen atoms in total. The number of hydrogen-bond acceptors (Lipinski definition) is 3. The molecule has 1 heterocycles. The van der Waals surface area contributed by atoms with Crippen molar-refractivity contribution in [1.82, 2.24) is 4.90 Å². The molecule has 0 radical (unpaired) electrons. The van der Waals surface area contributed by atoms with Crippen LogP contribution in [0.2, 0.25) is 5.02 Å². The minimum atomic E-state index is -1.05. The van der Waals surface area contributed by atoms with Gasteiger partial charge in [0, 0.05) is 18.2 Å². The zero-order valence-electron chi connectivity index (χ0n) is 19.0. The van der Waals surface area contributed by atoms with Crippen molar-refractivity contribution in [3.63, 3.8) is 0 Å². The van der Waals surface area contributed by atoms with Crippen LogP contribution in [0.3, 0.4) is 0 Å². The van der Waals surface area contributed by atoms with Crippen LogP contribution in [0, 0.1) is 6.92 Å². The van der Waals surface area contributed by atoms with Crippen molar-refractivity contribution in [1.29, 1.82) is 0 Å². The average Bonchev–Trinajstić information content (AvgIpc) is 3.46. The lowest BCUT2D eigenvalue weighted by Gasteiger charge is -2.23. The Morgan fingerprint density at radius 3 is 2.62 bits per heavy atom. The number of ether oxygens (including phenoxy) is 1. The standard InChI is InChI=1S/C28H26ClNO4/c1-17-11-23-21(15-30(27(23)31)22-7-2-3-8-22)14-26(17)34-16-18-5-4-6-19(12-18)20-9-10-25(29)24(13-20)28(32)33/h4-6,9-14,22H,2-3,7-8,15-16H2,1H3,(H,32,33). The van der Waals surface area contributed by atoms with Gasteiger partial charge in [-0.15, -0.1) is 0 Å². The molecule has 1 aliphatic carbocycles. The third-order valence-electron chi connectivity index (χ3n) is 6.85. The number of rotatable bonds is 6. The maximum atomic E-state index is 12.9. The van der Waals surface area contributed by atoms with Gasteiger partial charge in [0.1, 0.15) is 12.4 Å². The highest BCUT2D eigenvalue weighted by Crippen LogP contribution is 2.35. The maximum absolute atomic E-state index is 12.9. The molecule has 5 rings (SSSR count). The first-order valence-electron chi connectivity index (χ1n) is 11.6. The molecule has 1 saturated carbocycles. The van der Waals surface area contributed by atoms with E-state index in [-0.39, 0.29) is 16.5 Å². The lowest BCUT2D eigenvalue weighted by molar-refractivity contribution is 0.0691. The predicted molar refractivity (Wildman–Crippen MR) is 131 cm³/mol. The van der Waals surface area contributed by atoms with Gasteiger partial charge in [0.15, 0.2) is 0 Å². The number of benzene rings is 3. The fourth-order valence-corrected chi connectivity index (χ4v) is 5.21. The lowest BCUT2D eigenvalue weighted by Crippen LogP contribution is -2.33. The van der Waals surface area contributed by atoms with Gasteiger partial charge in [-0.25, -0.2) is 4.79 Å². The number of aryl methyl sites for hydroxylation is 1. The summed E-state index contributed by atoms with van der Waals surface area (Å²) < 4.78 is 6.17. The van der Waals surface area contributed by atoms with E-state index < -0.39 is 5.97 Å². The van der Waals surface area contributed by atoms with Gasteiger partial charge in [0.05, 0.1) is 10.6 Å². The number of halogens is 1. The van der Waals surface area contributed by atoms with Gasteiger partial charge in [-0.2, -0.15) is 0 Å². The lowest BCUT2D eigenvalue weighted by atomic mass is 10.0. The van der Waals surface area contributed by atoms with Crippen LogP contribution >= 0.6 is 11.6 Å². The monoisotopic (exact) mass is 475 g/mol. The molecule has 0 unspecified atom stereocenters. The normalized spacial score (nSPS) is 15.6. The summed E-state index contributed by atoms with van der Waals surface area (Å²) in [5.41, 5.74) is 5.50. The van der Waals surface area contributed by atoms with Crippen LogP contribution in [0.4, 0.5) is 0 Å². The molecule has 0 atom stereocenters. The highest BCUT2D eigenvalue weighted by atomic mass is 35.5. The van der Waals surface area contributed by atoms with Crippen LogP contribution in [0.15, 0.2) is 54.6 Å². The molecule has 0 aromatic heterocycles. The summed E-state index contributed by atoms with van der Waals surface area (Å²) in [4.78, 5) is 26.4. The molecule has 2 aliphatic rings. The van der Waals surface area contributed by atoms with Crippen LogP contribution in [0.5, 0.6) is 5.75 Å². The minimum absolute atomic E-state index is 0.0794. The van der Waals surface area contributed by atoms with E-state index in [9.17, 15) is 14.7 Å². The molecule has 1 fully saturated rings. The molecular formula is C28H26ClNO4. The van der Waals surface area contributed by atoms with Crippen LogP contribution < -0.4 is 4.74 Å². The van der Waals surface area contributed by atoms with E-state index in [4.69, 9.17) is 16.3 Å². The Bertz CT molecular complexity index is 1280. The van der Waals surface area contributed by atoms with Crippen molar-refractivity contribution in [2.75, 3.05) is 0 Å². The van der Waals surface area contributed by atoms with E-state index in [2.05, 4.69) is 0 Å². The Balaban J connectivity index is 1.33. The topological polar surface area (TPSA) is 66.8 Å². The van der Waals surface area contributed by atoms with Crippen molar-refractivity contribution in [2.45, 2.75) is 51.8 Å². The smallest absolute Gasteiger partial charge is 0.337 e. The molecule has 6 heteroatoms. The number of fused-ring (bicyclic) bond motifs is 1. The van der Waals surface area contributed by atoms with E-state index in [1.54, 1.807) is 12.1 Å². The highest BCUT2D eigenvalue weighted by molar-refractivity contribution is 6.33. The molecule has 0 saturated heterocycles. The largest absolute Gasteiger partial charge is 0.489 e. The zero-order chi connectivity index (χ0) is 23.8. The van der Waals surface area contributed by atoms with Crippen LogP contribution in [0.25, 0.3) is 11.1 Å². The Kier molecular flexibility index (Phi) is 6.05. The summed E-state index contributed by atoms with van der Waals surface area (Å²) in [7, 11) is 0. The number of hydrogen-bond donors (Lipinski definition) is 1. The molecule has 3 aromatic carbocycles. The summed E-state index contributed by atoms with van der Waals surface area (Å²) in [5.74, 6) is -0.124. The molecule has 1 N–H and O–H groups in total. The summed E-state index contributed by atoms with van der Waals surface area (Å²) in [6, 6.07) is 17.2. The van der Waals surface area contributed by atoms with E-state index in [0.717, 1.165) is 52.0 Å². The number of amides is 1. The summed E-state index contributed by atoms with van der Waals surface area (Å²) in [6.45, 7) is 3.00. The van der Waals surface area contributed by atoms with Gasteiger partial charge in [-0.05, 0) is 77.9 Å². The second-order valence-corrected chi connectivity index (χ2v) is 9.54. The summed E-state index contributed by atoms with van der Waals surface area (Å²) >= 11 is 6.01. The van der Waals surface area contributed by atoms with Crippen molar-refractivity contribution in [3.05, 3.63) is 87.4 Å². The fraction of sp³-hybridized carbons (Fsp3) is 0.286. The summed E-state index contributed by atoms with van der Waals surface area (Å²) in [5, 5.41) is 9.58. The molecule has 0 spiro atoms. The number of nitrogens with zero attached hydrogens (tertiary/aromatic N) is 1. The van der Waals surface area contributed by atoms with Crippen LogP contribution in [-0.4, -0.2) is 27.9 Å². The summed E-state index contributed by atoms with van der Waals surface area (Å²) in [6.07, 6.45) is 4.59.